The number of piperidine rings is 1. The summed E-state index contributed by atoms with van der Waals surface area (Å²) in [6.07, 6.45) is 3.96. The van der Waals surface area contributed by atoms with Crippen LogP contribution in [0, 0.1) is 6.92 Å². The van der Waals surface area contributed by atoms with Crippen molar-refractivity contribution in [3.63, 3.8) is 0 Å². The summed E-state index contributed by atoms with van der Waals surface area (Å²) in [7, 11) is 2.20. The molecule has 1 N–H and O–H groups in total. The molecule has 0 bridgehead atoms. The molecule has 0 amide bonds. The summed E-state index contributed by atoms with van der Waals surface area (Å²) < 4.78 is 5.30. The van der Waals surface area contributed by atoms with Gasteiger partial charge in [-0.25, -0.2) is 0 Å². The van der Waals surface area contributed by atoms with Crippen LogP contribution >= 0.6 is 0 Å². The average Bonchev–Trinajstić information content (AvgIpc) is 2.67. The Morgan fingerprint density at radius 1 is 1.44 bits per heavy atom. The lowest BCUT2D eigenvalue weighted by atomic mass is 10.0. The molecule has 1 unspecified atom stereocenters. The fraction of sp³-hybridized carbons (Fsp3) is 0.818. The van der Waals surface area contributed by atoms with E-state index < -0.39 is 0 Å². The Labute approximate surface area is 96.2 Å². The van der Waals surface area contributed by atoms with Crippen molar-refractivity contribution in [3.05, 3.63) is 11.8 Å². The molecule has 1 aromatic heterocycles. The molecular formula is C11H20N4O. The third kappa shape index (κ3) is 3.02. The highest BCUT2D eigenvalue weighted by Gasteiger charge is 2.18. The lowest BCUT2D eigenvalue weighted by Gasteiger charge is -2.32. The second-order valence-corrected chi connectivity index (χ2v) is 4.48. The number of nitrogens with zero attached hydrogens (tertiary/aromatic N) is 3. The van der Waals surface area contributed by atoms with Gasteiger partial charge in [-0.05, 0) is 26.4 Å². The standard InChI is InChI=1S/C11H20N4O/c1-9-13-14-11(16-9)8-12-7-10-5-3-4-6-15(10)2/h10,12H,3-8H2,1-2H3. The Kier molecular flexibility index (Phi) is 3.90. The third-order valence-corrected chi connectivity index (χ3v) is 3.15. The normalized spacial score (nSPS) is 22.5. The van der Waals surface area contributed by atoms with Crippen LogP contribution in [0.15, 0.2) is 4.42 Å². The molecule has 5 heteroatoms. The Bertz CT molecular complexity index is 326. The lowest BCUT2D eigenvalue weighted by molar-refractivity contribution is 0.180. The highest BCUT2D eigenvalue weighted by molar-refractivity contribution is 4.80. The lowest BCUT2D eigenvalue weighted by Crippen LogP contribution is -2.42. The van der Waals surface area contributed by atoms with Gasteiger partial charge in [-0.3, -0.25) is 0 Å². The SMILES string of the molecule is Cc1nnc(CNCC2CCCCN2C)o1. The molecule has 0 saturated carbocycles. The van der Waals surface area contributed by atoms with Crippen molar-refractivity contribution in [2.24, 2.45) is 0 Å². The van der Waals surface area contributed by atoms with Gasteiger partial charge in [-0.15, -0.1) is 10.2 Å². The van der Waals surface area contributed by atoms with Gasteiger partial charge in [-0.1, -0.05) is 6.42 Å². The number of hydrogen-bond acceptors (Lipinski definition) is 5. The van der Waals surface area contributed by atoms with E-state index in [9.17, 15) is 0 Å². The van der Waals surface area contributed by atoms with Crippen molar-refractivity contribution >= 4 is 0 Å². The van der Waals surface area contributed by atoms with Gasteiger partial charge in [0.2, 0.25) is 11.8 Å². The van der Waals surface area contributed by atoms with E-state index >= 15 is 0 Å². The molecule has 5 nitrogen and oxygen atoms in total. The number of hydrogen-bond donors (Lipinski definition) is 1. The summed E-state index contributed by atoms with van der Waals surface area (Å²) in [6, 6.07) is 0.651. The van der Waals surface area contributed by atoms with Gasteiger partial charge in [-0.2, -0.15) is 0 Å². The first-order chi connectivity index (χ1) is 7.75. The predicted octanol–water partition coefficient (Wildman–Crippen LogP) is 0.952. The van der Waals surface area contributed by atoms with Crippen molar-refractivity contribution in [1.82, 2.24) is 20.4 Å². The minimum atomic E-state index is 0.631. The molecule has 2 heterocycles. The molecule has 16 heavy (non-hydrogen) atoms. The molecule has 0 aliphatic carbocycles. The van der Waals surface area contributed by atoms with Crippen LogP contribution in [-0.4, -0.2) is 41.3 Å². The van der Waals surface area contributed by atoms with Crippen molar-refractivity contribution in [2.75, 3.05) is 20.1 Å². The van der Waals surface area contributed by atoms with Crippen molar-refractivity contribution < 1.29 is 4.42 Å². The highest BCUT2D eigenvalue weighted by Crippen LogP contribution is 2.14. The van der Waals surface area contributed by atoms with E-state index in [-0.39, 0.29) is 0 Å². The maximum absolute atomic E-state index is 5.30. The van der Waals surface area contributed by atoms with Gasteiger partial charge < -0.3 is 14.6 Å². The first-order valence-corrected chi connectivity index (χ1v) is 5.95. The third-order valence-electron chi connectivity index (χ3n) is 3.15. The summed E-state index contributed by atoms with van der Waals surface area (Å²) in [6.45, 7) is 4.69. The van der Waals surface area contributed by atoms with Crippen LogP contribution in [0.4, 0.5) is 0 Å². The van der Waals surface area contributed by atoms with Crippen LogP contribution in [0.3, 0.4) is 0 Å². The Balaban J connectivity index is 1.71. The zero-order valence-electron chi connectivity index (χ0n) is 10.1. The quantitative estimate of drug-likeness (QED) is 0.825. The highest BCUT2D eigenvalue weighted by atomic mass is 16.4. The molecule has 1 aliphatic heterocycles. The van der Waals surface area contributed by atoms with Crippen molar-refractivity contribution in [3.8, 4) is 0 Å². The van der Waals surface area contributed by atoms with Gasteiger partial charge in [0.05, 0.1) is 6.54 Å². The number of likely N-dealkylation sites (tertiary alicyclic amines) is 1. The second-order valence-electron chi connectivity index (χ2n) is 4.48. The molecule has 0 spiro atoms. The Hall–Kier alpha value is -0.940. The molecule has 0 radical (unpaired) electrons. The summed E-state index contributed by atoms with van der Waals surface area (Å²) in [5, 5.41) is 11.1. The summed E-state index contributed by atoms with van der Waals surface area (Å²) in [4.78, 5) is 2.43. The average molecular weight is 224 g/mol. The fourth-order valence-corrected chi connectivity index (χ4v) is 2.16. The predicted molar refractivity (Wildman–Crippen MR) is 61.0 cm³/mol. The maximum Gasteiger partial charge on any atom is 0.230 e. The van der Waals surface area contributed by atoms with Gasteiger partial charge in [0, 0.05) is 19.5 Å². The first kappa shape index (κ1) is 11.5. The number of likely N-dealkylation sites (N-methyl/N-ethyl adjacent to an activating group) is 1. The minimum absolute atomic E-state index is 0.631. The zero-order chi connectivity index (χ0) is 11.4. The molecule has 1 saturated heterocycles. The van der Waals surface area contributed by atoms with E-state index in [1.165, 1.54) is 25.8 Å². The zero-order valence-corrected chi connectivity index (χ0v) is 10.1. The molecule has 1 atom stereocenters. The second kappa shape index (κ2) is 5.41. The Morgan fingerprint density at radius 3 is 3.00 bits per heavy atom. The van der Waals surface area contributed by atoms with Gasteiger partial charge >= 0.3 is 0 Å². The number of rotatable bonds is 4. The van der Waals surface area contributed by atoms with Crippen molar-refractivity contribution in [1.29, 1.82) is 0 Å². The van der Waals surface area contributed by atoms with E-state index in [1.807, 2.05) is 6.92 Å². The minimum Gasteiger partial charge on any atom is -0.424 e. The van der Waals surface area contributed by atoms with Gasteiger partial charge in [0.1, 0.15) is 0 Å². The summed E-state index contributed by atoms with van der Waals surface area (Å²) in [5.41, 5.74) is 0. The van der Waals surface area contributed by atoms with Crippen LogP contribution in [0.1, 0.15) is 31.0 Å². The molecule has 90 valence electrons. The van der Waals surface area contributed by atoms with E-state index in [4.69, 9.17) is 4.42 Å². The smallest absolute Gasteiger partial charge is 0.230 e. The fourth-order valence-electron chi connectivity index (χ4n) is 2.16. The molecule has 1 fully saturated rings. The topological polar surface area (TPSA) is 54.2 Å². The van der Waals surface area contributed by atoms with E-state index in [0.29, 0.717) is 24.4 Å². The van der Waals surface area contributed by atoms with Crippen LogP contribution in [0.2, 0.25) is 0 Å². The van der Waals surface area contributed by atoms with Crippen molar-refractivity contribution in [2.45, 2.75) is 38.8 Å². The van der Waals surface area contributed by atoms with Gasteiger partial charge in [0.15, 0.2) is 0 Å². The van der Waals surface area contributed by atoms with Crippen LogP contribution in [0.5, 0.6) is 0 Å². The molecule has 1 aliphatic rings. The van der Waals surface area contributed by atoms with E-state index in [0.717, 1.165) is 6.54 Å². The number of aryl methyl sites for hydroxylation is 1. The first-order valence-electron chi connectivity index (χ1n) is 5.95. The van der Waals surface area contributed by atoms with Crippen LogP contribution in [0.25, 0.3) is 0 Å². The summed E-state index contributed by atoms with van der Waals surface area (Å²) in [5.74, 6) is 1.31. The molecule has 1 aromatic rings. The van der Waals surface area contributed by atoms with Crippen LogP contribution in [-0.2, 0) is 6.54 Å². The van der Waals surface area contributed by atoms with Gasteiger partial charge in [0.25, 0.3) is 0 Å². The molecule has 2 rings (SSSR count). The molecular weight excluding hydrogens is 204 g/mol. The van der Waals surface area contributed by atoms with Crippen LogP contribution < -0.4 is 5.32 Å². The monoisotopic (exact) mass is 224 g/mol. The largest absolute Gasteiger partial charge is 0.424 e. The maximum atomic E-state index is 5.30. The van der Waals surface area contributed by atoms with E-state index in [1.54, 1.807) is 0 Å². The number of aromatic nitrogens is 2. The Morgan fingerprint density at radius 2 is 2.31 bits per heavy atom. The summed E-state index contributed by atoms with van der Waals surface area (Å²) >= 11 is 0. The number of nitrogens with one attached hydrogen (secondary N) is 1. The van der Waals surface area contributed by atoms with E-state index in [2.05, 4.69) is 27.5 Å². The molecule has 0 aromatic carbocycles.